The van der Waals surface area contributed by atoms with E-state index in [2.05, 4.69) is 44.0 Å². The maximum Gasteiger partial charge on any atom is 0.407 e. The molecule has 3 aromatic rings. The Kier molecular flexibility index (Phi) is 6.92. The highest BCUT2D eigenvalue weighted by atomic mass is 35.5. The third-order valence-corrected chi connectivity index (χ3v) is 7.61. The summed E-state index contributed by atoms with van der Waals surface area (Å²) in [5.74, 6) is 0.815. The molecule has 180 valence electrons. The fraction of sp³-hybridized carbons (Fsp3) is 0.407. The van der Waals surface area contributed by atoms with Gasteiger partial charge in [-0.3, -0.25) is 0 Å². The predicted octanol–water partition coefficient (Wildman–Crippen LogP) is 7.58. The van der Waals surface area contributed by atoms with Gasteiger partial charge in [-0.1, -0.05) is 44.5 Å². The van der Waals surface area contributed by atoms with Crippen molar-refractivity contribution in [3.05, 3.63) is 58.7 Å². The molecular formula is C27H31ClN2O3S. The largest absolute Gasteiger partial charge is 0.489 e. The lowest BCUT2D eigenvalue weighted by Gasteiger charge is -2.33. The van der Waals surface area contributed by atoms with Crippen molar-refractivity contribution >= 4 is 29.0 Å². The number of carbonyl (C=O) groups is 1. The van der Waals surface area contributed by atoms with Gasteiger partial charge in [-0.05, 0) is 66.6 Å². The van der Waals surface area contributed by atoms with Gasteiger partial charge in [0, 0.05) is 30.8 Å². The summed E-state index contributed by atoms with van der Waals surface area (Å²) in [6.45, 7) is 11.5. The van der Waals surface area contributed by atoms with Crippen LogP contribution >= 0.6 is 22.9 Å². The van der Waals surface area contributed by atoms with Gasteiger partial charge in [-0.2, -0.15) is 0 Å². The monoisotopic (exact) mass is 498 g/mol. The molecule has 1 atom stereocenters. The van der Waals surface area contributed by atoms with Crippen molar-refractivity contribution in [1.82, 2.24) is 9.88 Å². The van der Waals surface area contributed by atoms with Crippen molar-refractivity contribution in [2.75, 3.05) is 13.1 Å². The molecule has 1 N–H and O–H groups in total. The third kappa shape index (κ3) is 5.23. The van der Waals surface area contributed by atoms with E-state index in [9.17, 15) is 9.90 Å². The topological polar surface area (TPSA) is 62.7 Å². The molecule has 0 saturated heterocycles. The second-order valence-corrected chi connectivity index (χ2v) is 11.6. The minimum atomic E-state index is -0.852. The van der Waals surface area contributed by atoms with E-state index < -0.39 is 6.09 Å². The van der Waals surface area contributed by atoms with Crippen LogP contribution in [0.3, 0.4) is 0 Å². The highest BCUT2D eigenvalue weighted by Gasteiger charge is 2.33. The summed E-state index contributed by atoms with van der Waals surface area (Å²) >= 11 is 8.06. The molecule has 2 heterocycles. The van der Waals surface area contributed by atoms with Crippen molar-refractivity contribution in [2.24, 2.45) is 5.41 Å². The van der Waals surface area contributed by atoms with E-state index >= 15 is 0 Å². The van der Waals surface area contributed by atoms with E-state index in [4.69, 9.17) is 16.3 Å². The molecule has 0 fully saturated rings. The fourth-order valence-electron chi connectivity index (χ4n) is 4.42. The van der Waals surface area contributed by atoms with E-state index in [-0.39, 0.29) is 17.4 Å². The van der Waals surface area contributed by atoms with Crippen molar-refractivity contribution < 1.29 is 14.6 Å². The molecule has 7 heteroatoms. The van der Waals surface area contributed by atoms with Crippen molar-refractivity contribution in [2.45, 2.75) is 53.1 Å². The van der Waals surface area contributed by atoms with Crippen LogP contribution in [-0.4, -0.2) is 40.3 Å². The number of hydrogen-bond donors (Lipinski definition) is 1. The average Bonchev–Trinajstić information content (AvgIpc) is 3.15. The van der Waals surface area contributed by atoms with Gasteiger partial charge in [0.15, 0.2) is 0 Å². The molecule has 0 radical (unpaired) electrons. The molecule has 1 amide bonds. The third-order valence-electron chi connectivity index (χ3n) is 6.22. The van der Waals surface area contributed by atoms with Crippen LogP contribution < -0.4 is 4.74 Å². The molecule has 34 heavy (non-hydrogen) atoms. The molecule has 0 aliphatic carbocycles. The summed E-state index contributed by atoms with van der Waals surface area (Å²) in [5, 5.41) is 11.2. The van der Waals surface area contributed by atoms with Crippen LogP contribution in [0.2, 0.25) is 5.02 Å². The Hall–Kier alpha value is -2.57. The Morgan fingerprint density at radius 3 is 2.59 bits per heavy atom. The van der Waals surface area contributed by atoms with Crippen LogP contribution in [0.25, 0.3) is 21.0 Å². The first-order valence-electron chi connectivity index (χ1n) is 11.6. The number of nitrogens with zero attached hydrogens (tertiary/aromatic N) is 2. The zero-order valence-corrected chi connectivity index (χ0v) is 21.8. The molecule has 0 bridgehead atoms. The summed E-state index contributed by atoms with van der Waals surface area (Å²) in [7, 11) is 0. The van der Waals surface area contributed by atoms with Gasteiger partial charge in [0.2, 0.25) is 0 Å². The van der Waals surface area contributed by atoms with E-state index in [0.29, 0.717) is 30.3 Å². The molecule has 1 aliphatic heterocycles. The minimum Gasteiger partial charge on any atom is -0.489 e. The SMILES string of the molecule is CC(C)Oc1ccc(-c2cnc(-c3ccc4c(c3)CCN(C(=O)O)CC4C(C)(C)C)s2)cc1Cl. The summed E-state index contributed by atoms with van der Waals surface area (Å²) in [5.41, 5.74) is 4.45. The quantitative estimate of drug-likeness (QED) is 0.402. The van der Waals surface area contributed by atoms with Crippen LogP contribution in [0, 0.1) is 5.41 Å². The van der Waals surface area contributed by atoms with Crippen LogP contribution in [-0.2, 0) is 6.42 Å². The number of halogens is 1. The summed E-state index contributed by atoms with van der Waals surface area (Å²) in [4.78, 5) is 19.0. The molecule has 0 spiro atoms. The number of carboxylic acid groups (broad SMARTS) is 1. The van der Waals surface area contributed by atoms with Gasteiger partial charge in [-0.25, -0.2) is 9.78 Å². The lowest BCUT2D eigenvalue weighted by atomic mass is 9.75. The standard InChI is InChI=1S/C27H31ClN2O3S/c1-16(2)33-23-9-7-18(13-22(23)28)24-14-29-25(34-24)19-6-8-20-17(12-19)10-11-30(26(31)32)15-21(20)27(3,4)5/h6-9,12-14,16,21H,10-11,15H2,1-5H3,(H,31,32). The molecular weight excluding hydrogens is 468 g/mol. The second kappa shape index (κ2) is 9.59. The Morgan fingerprint density at radius 2 is 1.94 bits per heavy atom. The van der Waals surface area contributed by atoms with Gasteiger partial charge in [-0.15, -0.1) is 11.3 Å². The zero-order valence-electron chi connectivity index (χ0n) is 20.3. The van der Waals surface area contributed by atoms with Crippen molar-refractivity contribution in [3.8, 4) is 26.8 Å². The Bertz CT molecular complexity index is 1200. The van der Waals surface area contributed by atoms with Gasteiger partial charge in [0.05, 0.1) is 16.0 Å². The van der Waals surface area contributed by atoms with E-state index in [1.807, 2.05) is 38.2 Å². The van der Waals surface area contributed by atoms with Gasteiger partial charge in [0.1, 0.15) is 10.8 Å². The number of hydrogen-bond acceptors (Lipinski definition) is 4. The fourth-order valence-corrected chi connectivity index (χ4v) is 5.55. The number of thiazole rings is 1. The van der Waals surface area contributed by atoms with Crippen LogP contribution in [0.5, 0.6) is 5.75 Å². The predicted molar refractivity (Wildman–Crippen MR) is 139 cm³/mol. The van der Waals surface area contributed by atoms with Crippen molar-refractivity contribution in [3.63, 3.8) is 0 Å². The minimum absolute atomic E-state index is 0.0482. The Balaban J connectivity index is 1.64. The number of benzene rings is 2. The van der Waals surface area contributed by atoms with Crippen LogP contribution in [0.15, 0.2) is 42.6 Å². The average molecular weight is 499 g/mol. The number of ether oxygens (including phenoxy) is 1. The van der Waals surface area contributed by atoms with Gasteiger partial charge in [0.25, 0.3) is 0 Å². The number of aromatic nitrogens is 1. The normalized spacial score (nSPS) is 16.3. The van der Waals surface area contributed by atoms with E-state index in [1.165, 1.54) is 11.1 Å². The Morgan fingerprint density at radius 1 is 1.21 bits per heavy atom. The summed E-state index contributed by atoms with van der Waals surface area (Å²) < 4.78 is 5.74. The molecule has 0 saturated carbocycles. The van der Waals surface area contributed by atoms with Gasteiger partial charge < -0.3 is 14.7 Å². The summed E-state index contributed by atoms with van der Waals surface area (Å²) in [6.07, 6.45) is 1.79. The molecule has 1 aromatic heterocycles. The first-order chi connectivity index (χ1) is 16.0. The highest BCUT2D eigenvalue weighted by Crippen LogP contribution is 2.41. The number of rotatable bonds is 4. The van der Waals surface area contributed by atoms with Gasteiger partial charge >= 0.3 is 6.09 Å². The summed E-state index contributed by atoms with van der Waals surface area (Å²) in [6, 6.07) is 12.3. The highest BCUT2D eigenvalue weighted by molar-refractivity contribution is 7.18. The first-order valence-corrected chi connectivity index (χ1v) is 12.8. The lowest BCUT2D eigenvalue weighted by molar-refractivity contribution is 0.135. The van der Waals surface area contributed by atoms with Crippen LogP contribution in [0.4, 0.5) is 4.79 Å². The Labute approximate surface area is 210 Å². The molecule has 1 unspecified atom stereocenters. The molecule has 4 rings (SSSR count). The molecule has 5 nitrogen and oxygen atoms in total. The molecule has 1 aliphatic rings. The van der Waals surface area contributed by atoms with E-state index in [0.717, 1.165) is 21.0 Å². The molecule has 2 aromatic carbocycles. The maximum absolute atomic E-state index is 11.8. The smallest absolute Gasteiger partial charge is 0.407 e. The maximum atomic E-state index is 11.8. The number of amides is 1. The second-order valence-electron chi connectivity index (χ2n) is 10.2. The number of fused-ring (bicyclic) bond motifs is 1. The van der Waals surface area contributed by atoms with Crippen LogP contribution in [0.1, 0.15) is 51.7 Å². The first kappa shape index (κ1) is 24.6. The van der Waals surface area contributed by atoms with Crippen molar-refractivity contribution in [1.29, 1.82) is 0 Å². The van der Waals surface area contributed by atoms with E-state index in [1.54, 1.807) is 16.2 Å². The lowest BCUT2D eigenvalue weighted by Crippen LogP contribution is -2.36. The zero-order chi connectivity index (χ0) is 24.6.